The van der Waals surface area contributed by atoms with Gasteiger partial charge in [0.2, 0.25) is 0 Å². The Morgan fingerprint density at radius 1 is 1.47 bits per heavy atom. The highest BCUT2D eigenvalue weighted by Crippen LogP contribution is 2.29. The van der Waals surface area contributed by atoms with Crippen LogP contribution in [0.5, 0.6) is 0 Å². The Labute approximate surface area is 102 Å². The number of esters is 1. The van der Waals surface area contributed by atoms with Crippen LogP contribution in [0.25, 0.3) is 0 Å². The minimum absolute atomic E-state index is 0.208. The zero-order chi connectivity index (χ0) is 12.3. The van der Waals surface area contributed by atoms with Crippen LogP contribution < -0.4 is 5.32 Å². The van der Waals surface area contributed by atoms with E-state index in [2.05, 4.69) is 5.32 Å². The molecular formula is C14H19NO2. The van der Waals surface area contributed by atoms with E-state index >= 15 is 0 Å². The van der Waals surface area contributed by atoms with E-state index in [0.717, 1.165) is 23.6 Å². The number of methoxy groups -OCH3 is 1. The number of nitrogens with one attached hydrogen (secondary N) is 1. The summed E-state index contributed by atoms with van der Waals surface area (Å²) in [6, 6.07) is 7.60. The van der Waals surface area contributed by atoms with E-state index in [0.29, 0.717) is 0 Å². The number of carbonyl (C=O) groups excluding carboxylic acids is 1. The summed E-state index contributed by atoms with van der Waals surface area (Å²) in [7, 11) is 1.44. The molecule has 3 heteroatoms. The molecule has 1 fully saturated rings. The summed E-state index contributed by atoms with van der Waals surface area (Å²) >= 11 is 0. The number of rotatable bonds is 5. The number of carbonyl (C=O) groups is 1. The molecule has 0 aromatic heterocycles. The van der Waals surface area contributed by atoms with Gasteiger partial charge >= 0.3 is 5.97 Å². The fourth-order valence-electron chi connectivity index (χ4n) is 1.96. The van der Waals surface area contributed by atoms with Crippen LogP contribution in [-0.4, -0.2) is 19.6 Å². The third kappa shape index (κ3) is 3.07. The SMILES string of the molecule is COC(=O)C(NCC1CC1)c1ccccc1C. The Bertz CT molecular complexity index is 399. The highest BCUT2D eigenvalue weighted by Gasteiger charge is 2.27. The molecule has 3 nitrogen and oxygen atoms in total. The zero-order valence-electron chi connectivity index (χ0n) is 10.4. The average Bonchev–Trinajstić information content (AvgIpc) is 3.15. The van der Waals surface area contributed by atoms with E-state index in [1.165, 1.54) is 20.0 Å². The smallest absolute Gasteiger partial charge is 0.327 e. The summed E-state index contributed by atoms with van der Waals surface area (Å²) in [6.45, 7) is 2.91. The first kappa shape index (κ1) is 12.1. The summed E-state index contributed by atoms with van der Waals surface area (Å²) in [6.07, 6.45) is 2.54. The van der Waals surface area contributed by atoms with Gasteiger partial charge in [-0.1, -0.05) is 24.3 Å². The molecule has 2 rings (SSSR count). The highest BCUT2D eigenvalue weighted by molar-refractivity contribution is 5.78. The number of benzene rings is 1. The first-order chi connectivity index (χ1) is 8.22. The molecular weight excluding hydrogens is 214 g/mol. The number of hydrogen-bond donors (Lipinski definition) is 1. The van der Waals surface area contributed by atoms with Gasteiger partial charge in [0.05, 0.1) is 7.11 Å². The lowest BCUT2D eigenvalue weighted by Gasteiger charge is -2.18. The van der Waals surface area contributed by atoms with Crippen molar-refractivity contribution in [2.75, 3.05) is 13.7 Å². The van der Waals surface area contributed by atoms with E-state index < -0.39 is 0 Å². The third-order valence-electron chi connectivity index (χ3n) is 3.24. The maximum Gasteiger partial charge on any atom is 0.327 e. The maximum atomic E-state index is 11.8. The Morgan fingerprint density at radius 3 is 2.76 bits per heavy atom. The lowest BCUT2D eigenvalue weighted by atomic mass is 10.0. The largest absolute Gasteiger partial charge is 0.468 e. The second-order valence-electron chi connectivity index (χ2n) is 4.66. The average molecular weight is 233 g/mol. The first-order valence-electron chi connectivity index (χ1n) is 6.09. The van der Waals surface area contributed by atoms with Crippen molar-refractivity contribution in [3.63, 3.8) is 0 Å². The second-order valence-corrected chi connectivity index (χ2v) is 4.66. The Morgan fingerprint density at radius 2 is 2.18 bits per heavy atom. The molecule has 1 aliphatic rings. The van der Waals surface area contributed by atoms with E-state index in [1.807, 2.05) is 31.2 Å². The van der Waals surface area contributed by atoms with Crippen molar-refractivity contribution in [2.45, 2.75) is 25.8 Å². The molecule has 1 unspecified atom stereocenters. The van der Waals surface area contributed by atoms with Crippen molar-refractivity contribution in [2.24, 2.45) is 5.92 Å². The van der Waals surface area contributed by atoms with Gasteiger partial charge in [0.1, 0.15) is 6.04 Å². The Balaban J connectivity index is 2.13. The molecule has 1 saturated carbocycles. The van der Waals surface area contributed by atoms with Crippen molar-refractivity contribution in [1.29, 1.82) is 0 Å². The summed E-state index contributed by atoms with van der Waals surface area (Å²) in [4.78, 5) is 11.8. The molecule has 0 aliphatic heterocycles. The third-order valence-corrected chi connectivity index (χ3v) is 3.24. The molecule has 1 aliphatic carbocycles. The molecule has 0 radical (unpaired) electrons. The van der Waals surface area contributed by atoms with Crippen molar-refractivity contribution >= 4 is 5.97 Å². The van der Waals surface area contributed by atoms with Crippen molar-refractivity contribution in [3.8, 4) is 0 Å². The van der Waals surface area contributed by atoms with E-state index in [1.54, 1.807) is 0 Å². The van der Waals surface area contributed by atoms with Gasteiger partial charge < -0.3 is 10.1 Å². The van der Waals surface area contributed by atoms with Gasteiger partial charge in [-0.15, -0.1) is 0 Å². The minimum Gasteiger partial charge on any atom is -0.468 e. The molecule has 0 spiro atoms. The van der Waals surface area contributed by atoms with Gasteiger partial charge in [0, 0.05) is 0 Å². The molecule has 1 atom stereocenters. The van der Waals surface area contributed by atoms with Crippen LogP contribution in [0.15, 0.2) is 24.3 Å². The van der Waals surface area contributed by atoms with Gasteiger partial charge in [-0.25, -0.2) is 4.79 Å². The maximum absolute atomic E-state index is 11.8. The van der Waals surface area contributed by atoms with Crippen LogP contribution in [0.3, 0.4) is 0 Å². The molecule has 1 aromatic rings. The monoisotopic (exact) mass is 233 g/mol. The fourth-order valence-corrected chi connectivity index (χ4v) is 1.96. The zero-order valence-corrected chi connectivity index (χ0v) is 10.4. The van der Waals surface area contributed by atoms with Crippen LogP contribution >= 0.6 is 0 Å². The fraction of sp³-hybridized carbons (Fsp3) is 0.500. The second kappa shape index (κ2) is 5.32. The lowest BCUT2D eigenvalue weighted by Crippen LogP contribution is -2.31. The van der Waals surface area contributed by atoms with E-state index in [4.69, 9.17) is 4.74 Å². The molecule has 0 amide bonds. The molecule has 1 aromatic carbocycles. The normalized spacial score (nSPS) is 16.6. The van der Waals surface area contributed by atoms with Crippen LogP contribution in [0.4, 0.5) is 0 Å². The van der Waals surface area contributed by atoms with Crippen LogP contribution in [0.1, 0.15) is 30.0 Å². The number of ether oxygens (including phenoxy) is 1. The molecule has 0 bridgehead atoms. The Hall–Kier alpha value is -1.35. The summed E-state index contributed by atoms with van der Waals surface area (Å²) in [5, 5.41) is 3.31. The standard InChI is InChI=1S/C14H19NO2/c1-10-5-3-4-6-12(10)13(14(16)17-2)15-9-11-7-8-11/h3-6,11,13,15H,7-9H2,1-2H3. The van der Waals surface area contributed by atoms with Gasteiger partial charge in [0.25, 0.3) is 0 Å². The van der Waals surface area contributed by atoms with Crippen molar-refractivity contribution < 1.29 is 9.53 Å². The predicted molar refractivity (Wildman–Crippen MR) is 66.7 cm³/mol. The topological polar surface area (TPSA) is 38.3 Å². The number of aryl methyl sites for hydroxylation is 1. The minimum atomic E-state index is -0.332. The van der Waals surface area contributed by atoms with Crippen molar-refractivity contribution in [1.82, 2.24) is 5.32 Å². The molecule has 0 saturated heterocycles. The highest BCUT2D eigenvalue weighted by atomic mass is 16.5. The quantitative estimate of drug-likeness (QED) is 0.792. The lowest BCUT2D eigenvalue weighted by molar-refractivity contribution is -0.143. The van der Waals surface area contributed by atoms with Gasteiger partial charge in [-0.05, 0) is 43.4 Å². The van der Waals surface area contributed by atoms with Crippen molar-refractivity contribution in [3.05, 3.63) is 35.4 Å². The van der Waals surface area contributed by atoms with E-state index in [9.17, 15) is 4.79 Å². The first-order valence-corrected chi connectivity index (χ1v) is 6.09. The van der Waals surface area contributed by atoms with Gasteiger partial charge in [-0.2, -0.15) is 0 Å². The number of hydrogen-bond acceptors (Lipinski definition) is 3. The molecule has 92 valence electrons. The Kier molecular flexibility index (Phi) is 3.79. The summed E-state index contributed by atoms with van der Waals surface area (Å²) in [5.74, 6) is 0.533. The van der Waals surface area contributed by atoms with Crippen LogP contribution in [0.2, 0.25) is 0 Å². The van der Waals surface area contributed by atoms with Crippen LogP contribution in [-0.2, 0) is 9.53 Å². The summed E-state index contributed by atoms with van der Waals surface area (Å²) in [5.41, 5.74) is 2.13. The van der Waals surface area contributed by atoms with E-state index in [-0.39, 0.29) is 12.0 Å². The summed E-state index contributed by atoms with van der Waals surface area (Å²) < 4.78 is 4.87. The van der Waals surface area contributed by atoms with Gasteiger partial charge in [0.15, 0.2) is 0 Å². The molecule has 0 heterocycles. The molecule has 17 heavy (non-hydrogen) atoms. The van der Waals surface area contributed by atoms with Crippen LogP contribution in [0, 0.1) is 12.8 Å². The molecule has 1 N–H and O–H groups in total. The van der Waals surface area contributed by atoms with Gasteiger partial charge in [-0.3, -0.25) is 0 Å². The predicted octanol–water partition coefficient (Wildman–Crippen LogP) is 2.21.